The van der Waals surface area contributed by atoms with Crippen LogP contribution in [-0.2, 0) is 0 Å². The predicted octanol–water partition coefficient (Wildman–Crippen LogP) is 2.90. The van der Waals surface area contributed by atoms with Crippen LogP contribution in [0.1, 0.15) is 24.6 Å². The monoisotopic (exact) mass is 279 g/mol. The highest BCUT2D eigenvalue weighted by molar-refractivity contribution is 5.39. The molecule has 0 saturated carbocycles. The van der Waals surface area contributed by atoms with E-state index < -0.39 is 6.61 Å². The fourth-order valence-corrected chi connectivity index (χ4v) is 2.50. The van der Waals surface area contributed by atoms with Crippen LogP contribution in [-0.4, -0.2) is 22.7 Å². The number of aromatic nitrogens is 2. The molecule has 2 aromatic rings. The molecule has 1 aromatic heterocycles. The van der Waals surface area contributed by atoms with E-state index in [1.54, 1.807) is 18.5 Å². The van der Waals surface area contributed by atoms with Gasteiger partial charge in [-0.3, -0.25) is 0 Å². The second-order valence-electron chi connectivity index (χ2n) is 4.71. The molecule has 3 rings (SSSR count). The van der Waals surface area contributed by atoms with Crippen molar-refractivity contribution in [3.05, 3.63) is 42.5 Å². The smallest absolute Gasteiger partial charge is 0.387 e. The summed E-state index contributed by atoms with van der Waals surface area (Å²) in [5, 5.41) is 3.42. The fraction of sp³-hybridized carbons (Fsp3) is 0.357. The molecule has 0 aliphatic carbocycles. The van der Waals surface area contributed by atoms with Crippen molar-refractivity contribution in [3.8, 4) is 11.4 Å². The molecule has 0 radical (unpaired) electrons. The first-order chi connectivity index (χ1) is 9.74. The highest BCUT2D eigenvalue weighted by Crippen LogP contribution is 2.26. The Hall–Kier alpha value is -1.95. The minimum atomic E-state index is -2.80. The standard InChI is InChI=1S/C14H15F2N3O/c15-14(16)20-11-5-3-10(4-6-11)19-9-17-8-13(19)12-2-1-7-18-12/h3-6,8-9,12,14,18H,1-2,7H2/t12-/m0/s1. The van der Waals surface area contributed by atoms with Crippen LogP contribution in [0, 0.1) is 0 Å². The molecule has 0 spiro atoms. The lowest BCUT2D eigenvalue weighted by Crippen LogP contribution is -2.16. The first-order valence-electron chi connectivity index (χ1n) is 6.55. The number of hydrogen-bond acceptors (Lipinski definition) is 3. The molecule has 4 nitrogen and oxygen atoms in total. The number of benzene rings is 1. The molecule has 1 aliphatic heterocycles. The van der Waals surface area contributed by atoms with Crippen LogP contribution in [0.25, 0.3) is 5.69 Å². The van der Waals surface area contributed by atoms with Crippen LogP contribution < -0.4 is 10.1 Å². The van der Waals surface area contributed by atoms with Gasteiger partial charge < -0.3 is 14.6 Å². The maximum atomic E-state index is 12.1. The largest absolute Gasteiger partial charge is 0.435 e. The Bertz CT molecular complexity index is 562. The fourth-order valence-electron chi connectivity index (χ4n) is 2.50. The molecule has 0 unspecified atom stereocenters. The van der Waals surface area contributed by atoms with Crippen LogP contribution in [0.5, 0.6) is 5.75 Å². The number of halogens is 2. The van der Waals surface area contributed by atoms with Crippen molar-refractivity contribution in [3.63, 3.8) is 0 Å². The van der Waals surface area contributed by atoms with Gasteiger partial charge in [-0.05, 0) is 43.7 Å². The molecule has 1 fully saturated rings. The zero-order chi connectivity index (χ0) is 13.9. The van der Waals surface area contributed by atoms with Gasteiger partial charge >= 0.3 is 6.61 Å². The summed E-state index contributed by atoms with van der Waals surface area (Å²) in [6.07, 6.45) is 5.81. The van der Waals surface area contributed by atoms with Crippen LogP contribution >= 0.6 is 0 Å². The average Bonchev–Trinajstić information content (AvgIpc) is 3.09. The first-order valence-corrected chi connectivity index (χ1v) is 6.55. The van der Waals surface area contributed by atoms with Crippen molar-refractivity contribution >= 4 is 0 Å². The number of nitrogens with one attached hydrogen (secondary N) is 1. The Balaban J connectivity index is 1.84. The summed E-state index contributed by atoms with van der Waals surface area (Å²) in [5.41, 5.74) is 1.97. The van der Waals surface area contributed by atoms with Crippen molar-refractivity contribution in [2.45, 2.75) is 25.5 Å². The van der Waals surface area contributed by atoms with E-state index >= 15 is 0 Å². The summed E-state index contributed by atoms with van der Waals surface area (Å²) in [7, 11) is 0. The number of ether oxygens (including phenoxy) is 1. The lowest BCUT2D eigenvalue weighted by Gasteiger charge is -2.14. The van der Waals surface area contributed by atoms with Crippen molar-refractivity contribution in [2.24, 2.45) is 0 Å². The zero-order valence-corrected chi connectivity index (χ0v) is 10.8. The van der Waals surface area contributed by atoms with E-state index in [1.807, 2.05) is 10.8 Å². The molecule has 0 amide bonds. The highest BCUT2D eigenvalue weighted by Gasteiger charge is 2.20. The summed E-state index contributed by atoms with van der Waals surface area (Å²) in [5.74, 6) is 0.157. The Morgan fingerprint density at radius 2 is 2.10 bits per heavy atom. The Labute approximate surface area is 115 Å². The number of alkyl halides is 2. The van der Waals surface area contributed by atoms with Gasteiger partial charge in [-0.15, -0.1) is 0 Å². The van der Waals surface area contributed by atoms with Gasteiger partial charge in [-0.2, -0.15) is 8.78 Å². The third-order valence-corrected chi connectivity index (χ3v) is 3.42. The summed E-state index contributed by atoms with van der Waals surface area (Å²) in [6.45, 7) is -1.79. The molecular formula is C14H15F2N3O. The normalized spacial score (nSPS) is 18.6. The van der Waals surface area contributed by atoms with E-state index in [0.29, 0.717) is 6.04 Å². The topological polar surface area (TPSA) is 39.1 Å². The molecule has 6 heteroatoms. The van der Waals surface area contributed by atoms with Gasteiger partial charge in [0.1, 0.15) is 5.75 Å². The van der Waals surface area contributed by atoms with E-state index in [4.69, 9.17) is 0 Å². The molecule has 2 heterocycles. The minimum Gasteiger partial charge on any atom is -0.435 e. The predicted molar refractivity (Wildman–Crippen MR) is 70.2 cm³/mol. The summed E-state index contributed by atoms with van der Waals surface area (Å²) >= 11 is 0. The molecule has 1 atom stereocenters. The van der Waals surface area contributed by atoms with Gasteiger partial charge in [0.25, 0.3) is 0 Å². The van der Waals surface area contributed by atoms with Crippen LogP contribution in [0.4, 0.5) is 8.78 Å². The van der Waals surface area contributed by atoms with Crippen LogP contribution in [0.2, 0.25) is 0 Å². The summed E-state index contributed by atoms with van der Waals surface area (Å²) in [6, 6.07) is 6.87. The van der Waals surface area contributed by atoms with Crippen LogP contribution in [0.15, 0.2) is 36.8 Å². The molecule has 1 aliphatic rings. The van der Waals surface area contributed by atoms with Crippen molar-refractivity contribution < 1.29 is 13.5 Å². The van der Waals surface area contributed by atoms with Gasteiger partial charge in [-0.1, -0.05) is 0 Å². The third-order valence-electron chi connectivity index (χ3n) is 3.42. The van der Waals surface area contributed by atoms with Gasteiger partial charge in [0, 0.05) is 11.7 Å². The highest BCUT2D eigenvalue weighted by atomic mass is 19.3. The number of nitrogens with zero attached hydrogens (tertiary/aromatic N) is 2. The van der Waals surface area contributed by atoms with Crippen molar-refractivity contribution in [1.82, 2.24) is 14.9 Å². The number of hydrogen-bond donors (Lipinski definition) is 1. The van der Waals surface area contributed by atoms with Gasteiger partial charge in [0.05, 0.1) is 18.2 Å². The molecule has 0 bridgehead atoms. The lowest BCUT2D eigenvalue weighted by atomic mass is 10.1. The third kappa shape index (κ3) is 2.65. The van der Waals surface area contributed by atoms with E-state index in [0.717, 1.165) is 30.8 Å². The zero-order valence-electron chi connectivity index (χ0n) is 10.8. The Morgan fingerprint density at radius 1 is 1.30 bits per heavy atom. The minimum absolute atomic E-state index is 0.157. The number of imidazole rings is 1. The van der Waals surface area contributed by atoms with Crippen molar-refractivity contribution in [1.29, 1.82) is 0 Å². The molecule has 106 valence electrons. The molecule has 1 N–H and O–H groups in total. The Kier molecular flexibility index (Phi) is 3.64. The molecule has 1 aromatic carbocycles. The summed E-state index contributed by atoms with van der Waals surface area (Å²) in [4.78, 5) is 4.19. The van der Waals surface area contributed by atoms with Crippen LogP contribution in [0.3, 0.4) is 0 Å². The maximum Gasteiger partial charge on any atom is 0.387 e. The first kappa shape index (κ1) is 13.1. The van der Waals surface area contributed by atoms with E-state index in [9.17, 15) is 8.78 Å². The SMILES string of the molecule is FC(F)Oc1ccc(-n2cncc2[C@@H]2CCCN2)cc1. The van der Waals surface area contributed by atoms with Gasteiger partial charge in [-0.25, -0.2) is 4.98 Å². The molecular weight excluding hydrogens is 264 g/mol. The van der Waals surface area contributed by atoms with Crippen molar-refractivity contribution in [2.75, 3.05) is 6.54 Å². The maximum absolute atomic E-state index is 12.1. The quantitative estimate of drug-likeness (QED) is 0.935. The van der Waals surface area contributed by atoms with E-state index in [-0.39, 0.29) is 5.75 Å². The second kappa shape index (κ2) is 5.58. The van der Waals surface area contributed by atoms with Gasteiger partial charge in [0.2, 0.25) is 0 Å². The molecule has 20 heavy (non-hydrogen) atoms. The average molecular weight is 279 g/mol. The van der Waals surface area contributed by atoms with E-state index in [2.05, 4.69) is 15.0 Å². The number of rotatable bonds is 4. The molecule has 1 saturated heterocycles. The second-order valence-corrected chi connectivity index (χ2v) is 4.71. The van der Waals surface area contributed by atoms with E-state index in [1.165, 1.54) is 12.1 Å². The Morgan fingerprint density at radius 3 is 2.75 bits per heavy atom. The van der Waals surface area contributed by atoms with Gasteiger partial charge in [0.15, 0.2) is 0 Å². The lowest BCUT2D eigenvalue weighted by molar-refractivity contribution is -0.0498. The summed E-state index contributed by atoms with van der Waals surface area (Å²) < 4.78 is 30.5.